The molecule has 0 bridgehead atoms. The van der Waals surface area contributed by atoms with Crippen LogP contribution in [0.15, 0.2) is 12.4 Å². The van der Waals surface area contributed by atoms with Gasteiger partial charge in [-0.05, 0) is 0 Å². The van der Waals surface area contributed by atoms with E-state index in [0.717, 1.165) is 13.0 Å². The van der Waals surface area contributed by atoms with Gasteiger partial charge in [0.25, 0.3) is 0 Å². The van der Waals surface area contributed by atoms with Crippen LogP contribution in [0.4, 0.5) is 5.69 Å². The predicted octanol–water partition coefficient (Wildman–Crippen LogP) is 0.474. The van der Waals surface area contributed by atoms with Gasteiger partial charge in [-0.3, -0.25) is 4.68 Å². The van der Waals surface area contributed by atoms with Crippen LogP contribution in [-0.2, 0) is 16.0 Å². The van der Waals surface area contributed by atoms with E-state index in [2.05, 4.69) is 5.10 Å². The molecule has 0 fully saturated rings. The molecule has 0 radical (unpaired) electrons. The first-order valence-corrected chi connectivity index (χ1v) is 4.09. The van der Waals surface area contributed by atoms with Crippen LogP contribution in [0, 0.1) is 0 Å². The smallest absolute Gasteiger partial charge is 0.158 e. The molecule has 0 unspecified atom stereocenters. The fourth-order valence-corrected chi connectivity index (χ4v) is 1.07. The van der Waals surface area contributed by atoms with Crippen LogP contribution in [0.1, 0.15) is 6.42 Å². The van der Waals surface area contributed by atoms with Crippen molar-refractivity contribution in [3.63, 3.8) is 0 Å². The fraction of sp³-hybridized carbons (Fsp3) is 0.625. The maximum atomic E-state index is 5.50. The molecule has 1 rings (SSSR count). The number of anilines is 1. The van der Waals surface area contributed by atoms with Gasteiger partial charge < -0.3 is 15.2 Å². The van der Waals surface area contributed by atoms with Crippen LogP contribution in [0.25, 0.3) is 0 Å². The van der Waals surface area contributed by atoms with Gasteiger partial charge in [-0.2, -0.15) is 5.10 Å². The zero-order chi connectivity index (χ0) is 9.68. The van der Waals surface area contributed by atoms with Gasteiger partial charge in [0.2, 0.25) is 0 Å². The Morgan fingerprint density at radius 3 is 2.69 bits per heavy atom. The zero-order valence-electron chi connectivity index (χ0n) is 7.93. The lowest BCUT2D eigenvalue weighted by Crippen LogP contribution is -2.16. The summed E-state index contributed by atoms with van der Waals surface area (Å²) in [6.45, 7) is 0.740. The van der Waals surface area contributed by atoms with Crippen molar-refractivity contribution in [3.8, 4) is 0 Å². The standard InChI is InChI=1S/C8H15N3O2/c1-12-8(13-2)3-4-11-6-7(9)5-10-11/h5-6,8H,3-4,9H2,1-2H3. The molecule has 74 valence electrons. The fourth-order valence-electron chi connectivity index (χ4n) is 1.07. The summed E-state index contributed by atoms with van der Waals surface area (Å²) in [5.41, 5.74) is 6.18. The summed E-state index contributed by atoms with van der Waals surface area (Å²) in [4.78, 5) is 0. The van der Waals surface area contributed by atoms with Crippen LogP contribution in [0.3, 0.4) is 0 Å². The van der Waals surface area contributed by atoms with E-state index in [1.807, 2.05) is 0 Å². The third-order valence-corrected chi connectivity index (χ3v) is 1.77. The Kier molecular flexibility index (Phi) is 3.72. The van der Waals surface area contributed by atoms with Crippen molar-refractivity contribution in [2.24, 2.45) is 0 Å². The molecule has 0 spiro atoms. The molecule has 0 atom stereocenters. The van der Waals surface area contributed by atoms with E-state index in [-0.39, 0.29) is 6.29 Å². The molecule has 1 aromatic heterocycles. The molecule has 1 heterocycles. The van der Waals surface area contributed by atoms with Crippen molar-refractivity contribution in [1.29, 1.82) is 0 Å². The second-order valence-corrected chi connectivity index (χ2v) is 2.73. The van der Waals surface area contributed by atoms with Gasteiger partial charge in [-0.25, -0.2) is 0 Å². The van der Waals surface area contributed by atoms with Gasteiger partial charge in [0.05, 0.1) is 11.9 Å². The Balaban J connectivity index is 2.33. The molecule has 2 N–H and O–H groups in total. The summed E-state index contributed by atoms with van der Waals surface area (Å²) in [6.07, 6.45) is 3.98. The molecule has 0 saturated carbocycles. The molecule has 1 aromatic rings. The summed E-state index contributed by atoms with van der Waals surface area (Å²) < 4.78 is 11.8. The van der Waals surface area contributed by atoms with Crippen molar-refractivity contribution in [2.75, 3.05) is 20.0 Å². The second kappa shape index (κ2) is 4.84. The van der Waals surface area contributed by atoms with Gasteiger partial charge >= 0.3 is 0 Å². The van der Waals surface area contributed by atoms with Crippen LogP contribution >= 0.6 is 0 Å². The van der Waals surface area contributed by atoms with Gasteiger partial charge in [0.1, 0.15) is 0 Å². The first-order chi connectivity index (χ1) is 6.26. The minimum absolute atomic E-state index is 0.176. The predicted molar refractivity (Wildman–Crippen MR) is 49.1 cm³/mol. The highest BCUT2D eigenvalue weighted by atomic mass is 16.7. The van der Waals surface area contributed by atoms with E-state index in [9.17, 15) is 0 Å². The number of hydrogen-bond donors (Lipinski definition) is 1. The molecule has 0 aliphatic carbocycles. The summed E-state index contributed by atoms with van der Waals surface area (Å²) >= 11 is 0. The number of hydrogen-bond acceptors (Lipinski definition) is 4. The lowest BCUT2D eigenvalue weighted by molar-refractivity contribution is -0.108. The van der Waals surface area contributed by atoms with Gasteiger partial charge in [0, 0.05) is 33.4 Å². The Bertz CT molecular complexity index is 245. The third kappa shape index (κ3) is 3.04. The Hall–Kier alpha value is -1.07. The van der Waals surface area contributed by atoms with Gasteiger partial charge in [-0.15, -0.1) is 0 Å². The number of rotatable bonds is 5. The molecule has 0 aromatic carbocycles. The molecular formula is C8H15N3O2. The van der Waals surface area contributed by atoms with Gasteiger partial charge in [-0.1, -0.05) is 0 Å². The second-order valence-electron chi connectivity index (χ2n) is 2.73. The summed E-state index contributed by atoms with van der Waals surface area (Å²) in [6, 6.07) is 0. The molecule has 0 saturated heterocycles. The van der Waals surface area contributed by atoms with Crippen LogP contribution in [-0.4, -0.2) is 30.3 Å². The highest BCUT2D eigenvalue weighted by Crippen LogP contribution is 2.03. The number of nitrogens with two attached hydrogens (primary N) is 1. The third-order valence-electron chi connectivity index (χ3n) is 1.77. The first-order valence-electron chi connectivity index (χ1n) is 4.09. The van der Waals surface area contributed by atoms with Crippen LogP contribution in [0.5, 0.6) is 0 Å². The van der Waals surface area contributed by atoms with E-state index in [4.69, 9.17) is 15.2 Å². The minimum Gasteiger partial charge on any atom is -0.396 e. The Labute approximate surface area is 77.4 Å². The lowest BCUT2D eigenvalue weighted by atomic mass is 10.4. The first kappa shape index (κ1) is 10.0. The highest BCUT2D eigenvalue weighted by Gasteiger charge is 2.04. The number of nitrogen functional groups attached to an aromatic ring is 1. The lowest BCUT2D eigenvalue weighted by Gasteiger charge is -2.12. The average Bonchev–Trinajstić information content (AvgIpc) is 2.53. The van der Waals surface area contributed by atoms with Gasteiger partial charge in [0.15, 0.2) is 6.29 Å². The topological polar surface area (TPSA) is 62.3 Å². The molecule has 13 heavy (non-hydrogen) atoms. The highest BCUT2D eigenvalue weighted by molar-refractivity contribution is 5.30. The molecule has 5 nitrogen and oxygen atoms in total. The number of aryl methyl sites for hydroxylation is 1. The number of methoxy groups -OCH3 is 2. The Morgan fingerprint density at radius 2 is 2.23 bits per heavy atom. The largest absolute Gasteiger partial charge is 0.396 e. The number of aromatic nitrogens is 2. The summed E-state index contributed by atoms with van der Waals surface area (Å²) in [5, 5.41) is 4.04. The maximum Gasteiger partial charge on any atom is 0.158 e. The molecule has 0 amide bonds. The zero-order valence-corrected chi connectivity index (χ0v) is 7.93. The molecular weight excluding hydrogens is 170 g/mol. The van der Waals surface area contributed by atoms with E-state index in [1.165, 1.54) is 0 Å². The quantitative estimate of drug-likeness (QED) is 0.677. The molecule has 5 heteroatoms. The molecule has 0 aliphatic heterocycles. The van der Waals surface area contributed by atoms with Crippen LogP contribution in [0.2, 0.25) is 0 Å². The summed E-state index contributed by atoms with van der Waals surface area (Å²) in [7, 11) is 3.23. The Morgan fingerprint density at radius 1 is 1.54 bits per heavy atom. The van der Waals surface area contributed by atoms with Crippen LogP contribution < -0.4 is 5.73 Å². The van der Waals surface area contributed by atoms with Crippen molar-refractivity contribution < 1.29 is 9.47 Å². The van der Waals surface area contributed by atoms with Crippen molar-refractivity contribution >= 4 is 5.69 Å². The molecule has 0 aliphatic rings. The summed E-state index contributed by atoms with van der Waals surface area (Å²) in [5.74, 6) is 0. The average molecular weight is 185 g/mol. The van der Waals surface area contributed by atoms with Crippen molar-refractivity contribution in [1.82, 2.24) is 9.78 Å². The van der Waals surface area contributed by atoms with E-state index < -0.39 is 0 Å². The normalized spacial score (nSPS) is 11.0. The number of nitrogens with zero attached hydrogens (tertiary/aromatic N) is 2. The monoisotopic (exact) mass is 185 g/mol. The van der Waals surface area contributed by atoms with E-state index in [0.29, 0.717) is 5.69 Å². The number of ether oxygens (including phenoxy) is 2. The SMILES string of the molecule is COC(CCn1cc(N)cn1)OC. The van der Waals surface area contributed by atoms with E-state index >= 15 is 0 Å². The van der Waals surface area contributed by atoms with Crippen molar-refractivity contribution in [2.45, 2.75) is 19.3 Å². The maximum absolute atomic E-state index is 5.50. The van der Waals surface area contributed by atoms with E-state index in [1.54, 1.807) is 31.3 Å². The van der Waals surface area contributed by atoms with Crippen molar-refractivity contribution in [3.05, 3.63) is 12.4 Å². The minimum atomic E-state index is -0.176.